The Morgan fingerprint density at radius 3 is 1.60 bits per heavy atom. The second-order valence-electron chi connectivity index (χ2n) is 5.40. The molecule has 0 fully saturated rings. The predicted octanol–water partition coefficient (Wildman–Crippen LogP) is 3.57. The van der Waals surface area contributed by atoms with E-state index in [1.807, 2.05) is 0 Å². The van der Waals surface area contributed by atoms with Crippen LogP contribution in [0, 0.1) is 0 Å². The van der Waals surface area contributed by atoms with Crippen LogP contribution < -0.4 is 0 Å². The summed E-state index contributed by atoms with van der Waals surface area (Å²) in [7, 11) is 0. The minimum Gasteiger partial charge on any atom is -0.379 e. The van der Waals surface area contributed by atoms with Crippen LogP contribution in [0.5, 0.6) is 0 Å². The molecule has 0 rings (SSSR count). The molecule has 0 aromatic heterocycles. The molecule has 0 saturated carbocycles. The van der Waals surface area contributed by atoms with Gasteiger partial charge < -0.3 is 5.11 Å². The maximum absolute atomic E-state index is 13.6. The third kappa shape index (κ3) is 3.91. The molecule has 0 radical (unpaired) electrons. The van der Waals surface area contributed by atoms with Crippen molar-refractivity contribution in [2.24, 2.45) is 0 Å². The van der Waals surface area contributed by atoms with Gasteiger partial charge in [-0.25, -0.2) is 0 Å². The van der Waals surface area contributed by atoms with Gasteiger partial charge in [0.05, 0.1) is 6.42 Å². The average Bonchev–Trinajstić information content (AvgIpc) is 2.43. The highest BCUT2D eigenvalue weighted by Gasteiger charge is 2.82. The van der Waals surface area contributed by atoms with E-state index < -0.39 is 58.9 Å². The SMILES string of the molecule is C=C(C)C(=O)CC(F)(F)C(F)(F)C(F)(F)C(F)(F)C(O)C(=O)C(=C)C. The molecule has 0 aliphatic heterocycles. The minimum absolute atomic E-state index is 0.692. The van der Waals surface area contributed by atoms with E-state index in [-0.39, 0.29) is 0 Å². The lowest BCUT2D eigenvalue weighted by Gasteiger charge is -2.38. The van der Waals surface area contributed by atoms with Gasteiger partial charge in [-0.2, -0.15) is 35.1 Å². The number of rotatable bonds is 9. The molecule has 1 N–H and O–H groups in total. The maximum Gasteiger partial charge on any atom is 0.381 e. The van der Waals surface area contributed by atoms with Crippen LogP contribution in [0.4, 0.5) is 35.1 Å². The van der Waals surface area contributed by atoms with E-state index in [1.54, 1.807) is 0 Å². The Bertz CT molecular complexity index is 595. The topological polar surface area (TPSA) is 54.4 Å². The Hall–Kier alpha value is -1.78. The van der Waals surface area contributed by atoms with Gasteiger partial charge in [0.15, 0.2) is 17.7 Å². The summed E-state index contributed by atoms with van der Waals surface area (Å²) in [5.74, 6) is -29.7. The Morgan fingerprint density at radius 2 is 1.28 bits per heavy atom. The van der Waals surface area contributed by atoms with E-state index in [2.05, 4.69) is 13.2 Å². The molecule has 0 aromatic rings. The van der Waals surface area contributed by atoms with Crippen molar-refractivity contribution < 1.29 is 49.8 Å². The van der Waals surface area contributed by atoms with Gasteiger partial charge in [-0.1, -0.05) is 13.2 Å². The molecule has 0 bridgehead atoms. The van der Waals surface area contributed by atoms with E-state index in [0.717, 1.165) is 6.92 Å². The minimum atomic E-state index is -6.87. The highest BCUT2D eigenvalue weighted by atomic mass is 19.4. The summed E-state index contributed by atoms with van der Waals surface area (Å²) in [4.78, 5) is 22.2. The number of carbonyl (C=O) groups is 2. The van der Waals surface area contributed by atoms with Gasteiger partial charge in [-0.15, -0.1) is 0 Å². The van der Waals surface area contributed by atoms with Crippen molar-refractivity contribution in [1.82, 2.24) is 0 Å². The third-order valence-electron chi connectivity index (χ3n) is 3.14. The Balaban J connectivity index is 6.01. The summed E-state index contributed by atoms with van der Waals surface area (Å²) < 4.78 is 108. The number of aliphatic hydroxyl groups is 1. The van der Waals surface area contributed by atoms with Crippen molar-refractivity contribution >= 4 is 11.6 Å². The van der Waals surface area contributed by atoms with Crippen LogP contribution in [0.1, 0.15) is 20.3 Å². The summed E-state index contributed by atoms with van der Waals surface area (Å²) in [6, 6.07) is 0. The van der Waals surface area contributed by atoms with Crippen LogP contribution in [0.2, 0.25) is 0 Å². The molecule has 0 spiro atoms. The van der Waals surface area contributed by atoms with Crippen molar-refractivity contribution in [3.05, 3.63) is 24.3 Å². The zero-order chi connectivity index (χ0) is 20.6. The van der Waals surface area contributed by atoms with E-state index in [1.165, 1.54) is 0 Å². The molecule has 25 heavy (non-hydrogen) atoms. The van der Waals surface area contributed by atoms with Gasteiger partial charge >= 0.3 is 23.7 Å². The van der Waals surface area contributed by atoms with E-state index in [9.17, 15) is 44.7 Å². The molecule has 3 nitrogen and oxygen atoms in total. The number of halogens is 8. The van der Waals surface area contributed by atoms with Gasteiger partial charge in [0.2, 0.25) is 0 Å². The summed E-state index contributed by atoms with van der Waals surface area (Å²) >= 11 is 0. The molecule has 1 unspecified atom stereocenters. The number of alkyl halides is 8. The lowest BCUT2D eigenvalue weighted by atomic mass is 9.89. The molecule has 1 atom stereocenters. The summed E-state index contributed by atoms with van der Waals surface area (Å²) in [5, 5.41) is 8.95. The van der Waals surface area contributed by atoms with Gasteiger partial charge in [-0.05, 0) is 25.0 Å². The highest BCUT2D eigenvalue weighted by Crippen LogP contribution is 2.54. The van der Waals surface area contributed by atoms with Gasteiger partial charge in [0.25, 0.3) is 0 Å². The van der Waals surface area contributed by atoms with Crippen LogP contribution in [0.3, 0.4) is 0 Å². The smallest absolute Gasteiger partial charge is 0.379 e. The first-order valence-corrected chi connectivity index (χ1v) is 6.42. The number of hydrogen-bond donors (Lipinski definition) is 1. The normalized spacial score (nSPS) is 14.8. The number of ketones is 2. The average molecular weight is 382 g/mol. The number of aliphatic hydroxyl groups excluding tert-OH is 1. The second kappa shape index (κ2) is 6.85. The number of allylic oxidation sites excluding steroid dienone is 1. The van der Waals surface area contributed by atoms with Gasteiger partial charge in [-0.3, -0.25) is 9.59 Å². The monoisotopic (exact) mass is 382 g/mol. The predicted molar refractivity (Wildman–Crippen MR) is 70.1 cm³/mol. The van der Waals surface area contributed by atoms with E-state index in [4.69, 9.17) is 5.11 Å². The van der Waals surface area contributed by atoms with Crippen LogP contribution in [0.25, 0.3) is 0 Å². The molecule has 11 heteroatoms. The van der Waals surface area contributed by atoms with Gasteiger partial charge in [0, 0.05) is 0 Å². The summed E-state index contributed by atoms with van der Waals surface area (Å²) in [6.45, 7) is 7.13. The Morgan fingerprint density at radius 1 is 0.880 bits per heavy atom. The first-order valence-electron chi connectivity index (χ1n) is 6.42. The van der Waals surface area contributed by atoms with Crippen molar-refractivity contribution in [3.8, 4) is 0 Å². The van der Waals surface area contributed by atoms with E-state index >= 15 is 0 Å². The fourth-order valence-corrected chi connectivity index (χ4v) is 1.47. The van der Waals surface area contributed by atoms with Crippen LogP contribution in [-0.2, 0) is 9.59 Å². The maximum atomic E-state index is 13.6. The first kappa shape index (κ1) is 23.2. The van der Waals surface area contributed by atoms with Crippen LogP contribution in [0.15, 0.2) is 24.3 Å². The summed E-state index contributed by atoms with van der Waals surface area (Å²) in [5.41, 5.74) is -1.58. The number of hydrogen-bond acceptors (Lipinski definition) is 3. The molecule has 144 valence electrons. The van der Waals surface area contributed by atoms with Crippen molar-refractivity contribution in [2.45, 2.75) is 50.1 Å². The van der Waals surface area contributed by atoms with Gasteiger partial charge in [0.1, 0.15) is 0 Å². The van der Waals surface area contributed by atoms with Crippen molar-refractivity contribution in [1.29, 1.82) is 0 Å². The fourth-order valence-electron chi connectivity index (χ4n) is 1.47. The van der Waals surface area contributed by atoms with Crippen LogP contribution in [-0.4, -0.2) is 46.5 Å². The fraction of sp³-hybridized carbons (Fsp3) is 0.571. The number of Topliss-reactive ketones (excluding diaryl/α,β-unsaturated/α-hetero) is 2. The van der Waals surface area contributed by atoms with E-state index in [0.29, 0.717) is 6.92 Å². The molecular weight excluding hydrogens is 368 g/mol. The number of carbonyl (C=O) groups excluding carboxylic acids is 2. The van der Waals surface area contributed by atoms with Crippen LogP contribution >= 0.6 is 0 Å². The standard InChI is InChI=1S/C14H14F8O3/c1-6(2)8(23)5-11(15,16)13(19,20)14(21,22)12(17,18)10(25)9(24)7(3)4/h10,25H,1,3,5H2,2,4H3. The highest BCUT2D eigenvalue weighted by molar-refractivity contribution is 5.98. The molecular formula is C14H14F8O3. The molecule has 0 amide bonds. The molecule has 0 heterocycles. The molecule has 0 aromatic carbocycles. The lowest BCUT2D eigenvalue weighted by Crippen LogP contribution is -2.66. The zero-order valence-corrected chi connectivity index (χ0v) is 13.0. The Labute approximate surface area is 137 Å². The third-order valence-corrected chi connectivity index (χ3v) is 3.14. The molecule has 0 aliphatic carbocycles. The quantitative estimate of drug-likeness (QED) is 0.490. The largest absolute Gasteiger partial charge is 0.381 e. The summed E-state index contributed by atoms with van der Waals surface area (Å²) in [6.07, 6.45) is -6.57. The first-order chi connectivity index (χ1) is 10.8. The van der Waals surface area contributed by atoms with Crippen molar-refractivity contribution in [2.75, 3.05) is 0 Å². The lowest BCUT2D eigenvalue weighted by molar-refractivity contribution is -0.375. The Kier molecular flexibility index (Phi) is 6.36. The zero-order valence-electron chi connectivity index (χ0n) is 13.0. The van der Waals surface area contributed by atoms with Crippen molar-refractivity contribution in [3.63, 3.8) is 0 Å². The molecule has 0 aliphatic rings. The second-order valence-corrected chi connectivity index (χ2v) is 5.40. The molecule has 0 saturated heterocycles.